The molecule has 2 aliphatic rings. The van der Waals surface area contributed by atoms with Gasteiger partial charge in [0.15, 0.2) is 0 Å². The Hall–Kier alpha value is -2.94. The van der Waals surface area contributed by atoms with Crippen molar-refractivity contribution in [3.05, 3.63) is 30.1 Å². The van der Waals surface area contributed by atoms with Gasteiger partial charge in [-0.1, -0.05) is 32.9 Å². The summed E-state index contributed by atoms with van der Waals surface area (Å²) in [5.74, 6) is 1.64. The summed E-state index contributed by atoms with van der Waals surface area (Å²) in [4.78, 5) is 38.4. The Balaban J connectivity index is 1.45. The maximum absolute atomic E-state index is 12.4. The maximum atomic E-state index is 12.4. The number of carbonyl (C=O) groups is 2. The predicted molar refractivity (Wildman–Crippen MR) is 127 cm³/mol. The van der Waals surface area contributed by atoms with Gasteiger partial charge >= 0.3 is 12.0 Å². The summed E-state index contributed by atoms with van der Waals surface area (Å²) < 4.78 is 4.98. The summed E-state index contributed by atoms with van der Waals surface area (Å²) in [5.41, 5.74) is 0.828. The molecule has 0 spiro atoms. The molecule has 2 heterocycles. The Morgan fingerprint density at radius 3 is 2.48 bits per heavy atom. The van der Waals surface area contributed by atoms with Crippen LogP contribution in [0.2, 0.25) is 0 Å². The lowest BCUT2D eigenvalue weighted by Gasteiger charge is -2.34. The predicted octanol–water partition coefficient (Wildman–Crippen LogP) is 2.47. The number of ether oxygens (including phenoxy) is 1. The molecule has 1 aliphatic heterocycles. The van der Waals surface area contributed by atoms with Crippen molar-refractivity contribution in [2.75, 3.05) is 38.6 Å². The van der Waals surface area contributed by atoms with Gasteiger partial charge in [-0.05, 0) is 30.4 Å². The second-order valence-corrected chi connectivity index (χ2v) is 9.43. The van der Waals surface area contributed by atoms with Gasteiger partial charge in [-0.15, -0.1) is 0 Å². The number of amides is 2. The molecule has 4 rings (SSSR count). The number of fused-ring (bicyclic) bond motifs is 1. The third-order valence-corrected chi connectivity index (χ3v) is 6.51. The lowest BCUT2D eigenvalue weighted by molar-refractivity contribution is -0.142. The van der Waals surface area contributed by atoms with Crippen molar-refractivity contribution >= 4 is 28.7 Å². The monoisotopic (exact) mass is 454 g/mol. The molecule has 3 atom stereocenters. The van der Waals surface area contributed by atoms with Crippen LogP contribution in [-0.2, 0) is 16.1 Å². The number of esters is 1. The zero-order valence-corrected chi connectivity index (χ0v) is 19.9. The molecular formula is C24H34N6O3. The zero-order chi connectivity index (χ0) is 23.5. The lowest BCUT2D eigenvalue weighted by atomic mass is 10.0. The van der Waals surface area contributed by atoms with Crippen LogP contribution in [0.15, 0.2) is 24.3 Å². The molecule has 9 nitrogen and oxygen atoms in total. The van der Waals surface area contributed by atoms with Crippen LogP contribution >= 0.6 is 0 Å². The standard InChI is InChI=1S/C24H34N6O3/c1-15(2)21(23(31)33-4)28-22-17-7-5-6-8-18(17)25-20(27-22)14-29-9-11-30(12-10-29)24(32)26-19-13-16(19)3/h5-8,15-16,19,21H,9-14H2,1-4H3,(H,26,32)(H,25,27,28)/t16-,19-,21+/m1/s1. The van der Waals surface area contributed by atoms with Gasteiger partial charge in [0, 0.05) is 37.6 Å². The highest BCUT2D eigenvalue weighted by molar-refractivity contribution is 5.91. The fourth-order valence-electron chi connectivity index (χ4n) is 4.16. The van der Waals surface area contributed by atoms with Crippen LogP contribution in [0.4, 0.5) is 10.6 Å². The van der Waals surface area contributed by atoms with Crippen LogP contribution in [0, 0.1) is 11.8 Å². The van der Waals surface area contributed by atoms with Gasteiger partial charge in [0.1, 0.15) is 17.7 Å². The number of hydrogen-bond acceptors (Lipinski definition) is 7. The van der Waals surface area contributed by atoms with Crippen LogP contribution < -0.4 is 10.6 Å². The summed E-state index contributed by atoms with van der Waals surface area (Å²) >= 11 is 0. The number of aromatic nitrogens is 2. The molecule has 1 aliphatic carbocycles. The Labute approximate surface area is 194 Å². The highest BCUT2D eigenvalue weighted by atomic mass is 16.5. The molecule has 1 saturated heterocycles. The number of urea groups is 1. The van der Waals surface area contributed by atoms with E-state index in [-0.39, 0.29) is 17.9 Å². The minimum atomic E-state index is -0.502. The third kappa shape index (κ3) is 5.52. The highest BCUT2D eigenvalue weighted by Crippen LogP contribution is 2.29. The zero-order valence-electron chi connectivity index (χ0n) is 19.9. The van der Waals surface area contributed by atoms with Crippen LogP contribution in [0.3, 0.4) is 0 Å². The quantitative estimate of drug-likeness (QED) is 0.620. The van der Waals surface area contributed by atoms with E-state index in [1.165, 1.54) is 7.11 Å². The van der Waals surface area contributed by atoms with E-state index >= 15 is 0 Å². The van der Waals surface area contributed by atoms with Crippen molar-refractivity contribution in [2.24, 2.45) is 11.8 Å². The third-order valence-electron chi connectivity index (χ3n) is 6.51. The van der Waals surface area contributed by atoms with E-state index in [2.05, 4.69) is 22.5 Å². The molecule has 178 valence electrons. The summed E-state index contributed by atoms with van der Waals surface area (Å²) in [6, 6.07) is 7.67. The van der Waals surface area contributed by atoms with Crippen molar-refractivity contribution < 1.29 is 14.3 Å². The first-order valence-corrected chi connectivity index (χ1v) is 11.7. The smallest absolute Gasteiger partial charge is 0.328 e. The Morgan fingerprint density at radius 1 is 1.15 bits per heavy atom. The van der Waals surface area contributed by atoms with E-state index < -0.39 is 6.04 Å². The number of anilines is 1. The Morgan fingerprint density at radius 2 is 1.85 bits per heavy atom. The summed E-state index contributed by atoms with van der Waals surface area (Å²) in [5, 5.41) is 7.27. The fourth-order valence-corrected chi connectivity index (χ4v) is 4.16. The molecule has 33 heavy (non-hydrogen) atoms. The SMILES string of the molecule is COC(=O)[C@@H](Nc1nc(CN2CCN(C(=O)N[C@@H]3C[C@H]3C)CC2)nc2ccccc12)C(C)C. The highest BCUT2D eigenvalue weighted by Gasteiger charge is 2.35. The van der Waals surface area contributed by atoms with Crippen molar-refractivity contribution in [1.82, 2.24) is 25.1 Å². The van der Waals surface area contributed by atoms with Gasteiger partial charge in [0.05, 0.1) is 19.2 Å². The van der Waals surface area contributed by atoms with E-state index in [9.17, 15) is 9.59 Å². The second-order valence-electron chi connectivity index (χ2n) is 9.43. The fraction of sp³-hybridized carbons (Fsp3) is 0.583. The normalized spacial score (nSPS) is 21.7. The number of carbonyl (C=O) groups excluding carboxylic acids is 2. The van der Waals surface area contributed by atoms with Gasteiger partial charge in [-0.25, -0.2) is 19.6 Å². The number of hydrogen-bond donors (Lipinski definition) is 2. The van der Waals surface area contributed by atoms with Crippen molar-refractivity contribution in [1.29, 1.82) is 0 Å². The van der Waals surface area contributed by atoms with Crippen molar-refractivity contribution in [3.8, 4) is 0 Å². The average molecular weight is 455 g/mol. The molecule has 2 N–H and O–H groups in total. The molecule has 0 radical (unpaired) electrons. The minimum absolute atomic E-state index is 0.0347. The first-order valence-electron chi connectivity index (χ1n) is 11.7. The molecule has 2 amide bonds. The number of methoxy groups -OCH3 is 1. The van der Waals surface area contributed by atoms with E-state index in [1.54, 1.807) is 0 Å². The topological polar surface area (TPSA) is 99.7 Å². The van der Waals surface area contributed by atoms with Gasteiger partial charge in [-0.2, -0.15) is 0 Å². The summed E-state index contributed by atoms with van der Waals surface area (Å²) in [7, 11) is 1.40. The second kappa shape index (κ2) is 9.91. The minimum Gasteiger partial charge on any atom is -0.467 e. The molecule has 2 aromatic rings. The maximum Gasteiger partial charge on any atom is 0.328 e. The van der Waals surface area contributed by atoms with Gasteiger partial charge in [-0.3, -0.25) is 4.90 Å². The Kier molecular flexibility index (Phi) is 6.97. The van der Waals surface area contributed by atoms with Crippen LogP contribution in [-0.4, -0.2) is 77.1 Å². The lowest BCUT2D eigenvalue weighted by Crippen LogP contribution is -2.52. The largest absolute Gasteiger partial charge is 0.467 e. The molecular weight excluding hydrogens is 420 g/mol. The molecule has 2 fully saturated rings. The van der Waals surface area contributed by atoms with Gasteiger partial charge in [0.25, 0.3) is 0 Å². The summed E-state index contributed by atoms with van der Waals surface area (Å²) in [6.45, 7) is 9.58. The first-order chi connectivity index (χ1) is 15.9. The molecule has 0 unspecified atom stereocenters. The molecule has 1 aromatic heterocycles. The number of para-hydroxylation sites is 1. The number of nitrogens with one attached hydrogen (secondary N) is 2. The van der Waals surface area contributed by atoms with Crippen LogP contribution in [0.25, 0.3) is 10.9 Å². The van der Waals surface area contributed by atoms with E-state index in [4.69, 9.17) is 14.7 Å². The molecule has 1 aromatic carbocycles. The summed E-state index contributed by atoms with van der Waals surface area (Å²) in [6.07, 6.45) is 1.08. The van der Waals surface area contributed by atoms with Crippen molar-refractivity contribution in [3.63, 3.8) is 0 Å². The van der Waals surface area contributed by atoms with Gasteiger partial charge < -0.3 is 20.3 Å². The van der Waals surface area contributed by atoms with E-state index in [0.29, 0.717) is 43.2 Å². The Bertz CT molecular complexity index is 1000. The van der Waals surface area contributed by atoms with E-state index in [1.807, 2.05) is 43.0 Å². The van der Waals surface area contributed by atoms with Crippen molar-refractivity contribution in [2.45, 2.75) is 45.8 Å². The number of benzene rings is 1. The molecule has 1 saturated carbocycles. The number of nitrogens with zero attached hydrogens (tertiary/aromatic N) is 4. The molecule has 9 heteroatoms. The van der Waals surface area contributed by atoms with E-state index in [0.717, 1.165) is 30.4 Å². The van der Waals surface area contributed by atoms with Gasteiger partial charge in [0.2, 0.25) is 0 Å². The number of rotatable bonds is 7. The number of piperazine rings is 1. The van der Waals surface area contributed by atoms with Crippen LogP contribution in [0.1, 0.15) is 33.0 Å². The average Bonchev–Trinajstić information content (AvgIpc) is 3.51. The molecule has 0 bridgehead atoms. The van der Waals surface area contributed by atoms with Crippen LogP contribution in [0.5, 0.6) is 0 Å². The first kappa shape index (κ1) is 23.2.